The monoisotopic (exact) mass is 1610 g/mol. The summed E-state index contributed by atoms with van der Waals surface area (Å²) >= 11 is 47.9. The summed E-state index contributed by atoms with van der Waals surface area (Å²) in [5.41, 5.74) is 4.60. The highest BCUT2D eigenvalue weighted by molar-refractivity contribution is 14.1. The molecule has 0 aliphatic carbocycles. The number of Topliss-reactive ketones (excluding diaryl/α,β-unsaturated/α-hetero) is 3. The number of benzene rings is 7. The number of phenolic OH excluding ortho intramolecular Hbond substituents is 2. The summed E-state index contributed by atoms with van der Waals surface area (Å²) in [5, 5.41) is 43.5. The maximum Gasteiger partial charge on any atom is 0.496 e. The van der Waals surface area contributed by atoms with Gasteiger partial charge in [0.25, 0.3) is 0 Å². The molecule has 0 spiro atoms. The number of furan rings is 2. The standard InChI is InChI=1S/C14H16BClO3.C8H6BrClO2.C8H6ClIO2.C8H4ClIO.C8H7ClO2.C8H5ClO2.C8H7ClO2/c1-13(2)14(3,4)19-15(18-13)10-7-9-5-6-17-12(9)8-11(10)16;9-4-8(12)6-2-1-5(10)3-7(6)11;9-5-2-8-4(1-6(5)10)7(11)3-12-8;9-6-4-8-5(1-2-11-8)3-7(6)10;2*9-5-1-2-6-7(10)4-11-8(6)3-5;1-5(10)7-3-2-6(9)4-8(7)11/h5-8H,1-4H3;1-3,11H,4H2;1-2,7,11H,3H2;1-4H;1-3,7,10H,4H2;1-3H,4H2;2-4,11H,1H3. The number of carbonyl (C=O) groups excluding carboxylic acids is 3. The van der Waals surface area contributed by atoms with Crippen LogP contribution in [0.15, 0.2) is 143 Å². The summed E-state index contributed by atoms with van der Waals surface area (Å²) in [6.07, 6.45) is 2.33. The van der Waals surface area contributed by atoms with Crippen LogP contribution >= 0.6 is 142 Å². The second-order valence-corrected chi connectivity index (χ2v) is 25.9. The molecule has 0 amide bonds. The zero-order valence-corrected chi connectivity index (χ0v) is 57.6. The number of ketones is 3. The smallest absolute Gasteiger partial charge is 0.496 e. The van der Waals surface area contributed by atoms with Crippen molar-refractivity contribution in [2.75, 3.05) is 25.2 Å². The van der Waals surface area contributed by atoms with Crippen molar-refractivity contribution < 1.29 is 67.2 Å². The molecule has 1 fully saturated rings. The Hall–Kier alpha value is -4.50. The third-order valence-electron chi connectivity index (χ3n) is 13.4. The van der Waals surface area contributed by atoms with Gasteiger partial charge in [-0.15, -0.1) is 0 Å². The number of fused-ring (bicyclic) bond motifs is 5. The van der Waals surface area contributed by atoms with Crippen LogP contribution < -0.4 is 19.7 Å². The largest absolute Gasteiger partial charge is 0.507 e. The highest BCUT2D eigenvalue weighted by Crippen LogP contribution is 2.39. The Morgan fingerprint density at radius 1 is 0.575 bits per heavy atom. The number of carbonyl (C=O) groups is 3. The van der Waals surface area contributed by atoms with Gasteiger partial charge in [0, 0.05) is 71.7 Å². The van der Waals surface area contributed by atoms with Crippen LogP contribution in [0.4, 0.5) is 0 Å². The first-order valence-electron chi connectivity index (χ1n) is 25.8. The van der Waals surface area contributed by atoms with Crippen molar-refractivity contribution in [3.05, 3.63) is 204 Å². The fourth-order valence-electron chi connectivity index (χ4n) is 8.15. The minimum Gasteiger partial charge on any atom is -0.507 e. The first kappa shape index (κ1) is 70.0. The van der Waals surface area contributed by atoms with Gasteiger partial charge in [-0.05, 0) is 183 Å². The van der Waals surface area contributed by atoms with Gasteiger partial charge in [-0.2, -0.15) is 0 Å². The molecule has 14 nitrogen and oxygen atoms in total. The lowest BCUT2D eigenvalue weighted by atomic mass is 9.78. The molecule has 7 aromatic carbocycles. The lowest BCUT2D eigenvalue weighted by molar-refractivity contribution is 0.00578. The van der Waals surface area contributed by atoms with Crippen LogP contribution in [0.1, 0.15) is 89.0 Å². The Bertz CT molecular complexity index is 3920. The molecule has 2 unspecified atom stereocenters. The summed E-state index contributed by atoms with van der Waals surface area (Å²) in [7, 11) is -0.447. The van der Waals surface area contributed by atoms with Crippen molar-refractivity contribution in [1.82, 2.24) is 0 Å². The Morgan fingerprint density at radius 3 is 1.61 bits per heavy atom. The Kier molecular flexibility index (Phi) is 24.9. The highest BCUT2D eigenvalue weighted by atomic mass is 127. The third-order valence-corrected chi connectivity index (χ3v) is 18.3. The van der Waals surface area contributed by atoms with Crippen LogP contribution in [0.3, 0.4) is 0 Å². The van der Waals surface area contributed by atoms with E-state index in [4.69, 9.17) is 119 Å². The van der Waals surface area contributed by atoms with Gasteiger partial charge in [-0.3, -0.25) is 14.4 Å². The lowest BCUT2D eigenvalue weighted by Gasteiger charge is -2.32. The molecule has 1 saturated heterocycles. The van der Waals surface area contributed by atoms with E-state index in [9.17, 15) is 29.7 Å². The Labute approximate surface area is 571 Å². The number of aliphatic hydroxyl groups is 2. The van der Waals surface area contributed by atoms with Crippen LogP contribution in [0.5, 0.6) is 28.7 Å². The van der Waals surface area contributed by atoms with Crippen molar-refractivity contribution >= 4 is 194 Å². The van der Waals surface area contributed by atoms with E-state index in [0.717, 1.165) is 50.7 Å². The van der Waals surface area contributed by atoms with Gasteiger partial charge in [-0.25, -0.2) is 0 Å². The first-order valence-corrected chi connectivity index (χ1v) is 31.8. The number of hydrogen-bond donors (Lipinski definition) is 4. The minimum absolute atomic E-state index is 0.0247. The molecule has 6 heterocycles. The van der Waals surface area contributed by atoms with Crippen LogP contribution in [0.2, 0.25) is 35.2 Å². The van der Waals surface area contributed by atoms with E-state index in [1.54, 1.807) is 73.2 Å². The van der Waals surface area contributed by atoms with E-state index in [1.165, 1.54) is 31.2 Å². The van der Waals surface area contributed by atoms with Gasteiger partial charge in [-0.1, -0.05) is 103 Å². The van der Waals surface area contributed by atoms with Gasteiger partial charge in [0.05, 0.1) is 55.8 Å². The van der Waals surface area contributed by atoms with Gasteiger partial charge in [0.2, 0.25) is 5.78 Å². The molecule has 0 saturated carbocycles. The van der Waals surface area contributed by atoms with E-state index in [-0.39, 0.29) is 57.6 Å². The summed E-state index contributed by atoms with van der Waals surface area (Å²) in [6, 6.07) is 34.1. The third kappa shape index (κ3) is 18.4. The molecule has 9 aromatic rings. The van der Waals surface area contributed by atoms with E-state index < -0.39 is 19.3 Å². The molecule has 2 atom stereocenters. The van der Waals surface area contributed by atoms with Gasteiger partial charge < -0.3 is 52.8 Å². The number of aliphatic hydroxyl groups excluding tert-OH is 2. The predicted molar refractivity (Wildman–Crippen MR) is 363 cm³/mol. The van der Waals surface area contributed by atoms with Crippen molar-refractivity contribution in [2.45, 2.75) is 58.0 Å². The molecule has 87 heavy (non-hydrogen) atoms. The molecule has 0 radical (unpaired) electrons. The second kappa shape index (κ2) is 31.0. The number of halogens is 10. The Morgan fingerprint density at radius 2 is 1.05 bits per heavy atom. The molecule has 4 aliphatic rings. The maximum atomic E-state index is 11.1. The Balaban J connectivity index is 0.000000147. The molecule has 4 N–H and O–H groups in total. The topological polar surface area (TPSA) is 205 Å². The number of ether oxygens (including phenoxy) is 3. The summed E-state index contributed by atoms with van der Waals surface area (Å²) < 4.78 is 40.0. The second-order valence-electron chi connectivity index (χ2n) is 20.1. The fraction of sp³-hybridized carbons (Fsp3) is 0.210. The first-order chi connectivity index (χ1) is 41.1. The van der Waals surface area contributed by atoms with E-state index in [0.29, 0.717) is 71.7 Å². The zero-order chi connectivity index (χ0) is 63.7. The number of alkyl halides is 1. The molecule has 456 valence electrons. The van der Waals surface area contributed by atoms with Crippen LogP contribution in [-0.2, 0) is 9.31 Å². The number of phenols is 2. The van der Waals surface area contributed by atoms with Crippen molar-refractivity contribution in [3.63, 3.8) is 0 Å². The SMILES string of the molecule is CC(=O)c1ccc(Cl)cc1O.CC1(C)OB(c2cc3ccoc3cc2Cl)OC1(C)C.Clc1cc2occc2cc1I.O=C(CBr)c1ccc(Cl)cc1O.O=C1COc2cc(Cl)ccc21.OC1COc2cc(Cl)c(I)cc21.OC1COc2cc(Cl)ccc21. The maximum absolute atomic E-state index is 11.1. The number of rotatable bonds is 4. The molecular weight excluding hydrogens is 1560 g/mol. The summed E-state index contributed by atoms with van der Waals surface area (Å²) in [4.78, 5) is 32.9. The van der Waals surface area contributed by atoms with E-state index in [2.05, 4.69) is 61.1 Å². The highest BCUT2D eigenvalue weighted by Gasteiger charge is 2.52. The van der Waals surface area contributed by atoms with E-state index >= 15 is 0 Å². The molecule has 2 aromatic heterocycles. The average molecular weight is 1610 g/mol. The fourth-order valence-corrected chi connectivity index (χ4v) is 10.6. The van der Waals surface area contributed by atoms with Crippen LogP contribution in [-0.4, -0.2) is 81.2 Å². The van der Waals surface area contributed by atoms with Gasteiger partial charge in [0.15, 0.2) is 18.2 Å². The average Bonchev–Trinajstić information content (AvgIpc) is 2.20. The van der Waals surface area contributed by atoms with Gasteiger partial charge in [0.1, 0.15) is 65.3 Å². The quantitative estimate of drug-likeness (QED) is 0.0560. The van der Waals surface area contributed by atoms with Gasteiger partial charge >= 0.3 is 7.12 Å². The van der Waals surface area contributed by atoms with Crippen LogP contribution in [0, 0.1) is 7.14 Å². The normalized spacial score (nSPS) is 15.9. The summed E-state index contributed by atoms with van der Waals surface area (Å²) in [6.45, 7) is 10.3. The summed E-state index contributed by atoms with van der Waals surface area (Å²) in [5.74, 6) is 1.55. The van der Waals surface area contributed by atoms with Crippen LogP contribution in [0.25, 0.3) is 21.9 Å². The van der Waals surface area contributed by atoms with Crippen molar-refractivity contribution in [2.24, 2.45) is 0 Å². The van der Waals surface area contributed by atoms with Crippen molar-refractivity contribution in [3.8, 4) is 28.7 Å². The number of hydrogen-bond acceptors (Lipinski definition) is 14. The molecule has 0 bridgehead atoms. The molecule has 4 aliphatic heterocycles. The number of aromatic hydroxyl groups is 2. The molecule has 13 rings (SSSR count). The molecular formula is C62H51BBrCl7I2O14. The zero-order valence-electron chi connectivity index (χ0n) is 46.4. The van der Waals surface area contributed by atoms with Crippen molar-refractivity contribution in [1.29, 1.82) is 0 Å². The predicted octanol–water partition coefficient (Wildman–Crippen LogP) is 18.0. The lowest BCUT2D eigenvalue weighted by Crippen LogP contribution is -2.41. The molecule has 25 heteroatoms. The minimum atomic E-state index is -0.495. The van der Waals surface area contributed by atoms with E-state index in [1.807, 2.05) is 64.1 Å².